The van der Waals surface area contributed by atoms with Crippen LogP contribution in [0.15, 0.2) is 51.6 Å². The van der Waals surface area contributed by atoms with Crippen LogP contribution in [0, 0.1) is 0 Å². The molecule has 2 aromatic rings. The second-order valence-electron chi connectivity index (χ2n) is 5.23. The molecular formula is C16H17BrN2O2. The Bertz CT molecular complexity index is 626. The molecule has 0 saturated carbocycles. The summed E-state index contributed by atoms with van der Waals surface area (Å²) >= 11 is 3.23. The highest BCUT2D eigenvalue weighted by Crippen LogP contribution is 2.22. The number of furan rings is 1. The number of nitrogens with zero attached hydrogens (tertiary/aromatic N) is 2. The second kappa shape index (κ2) is 5.93. The van der Waals surface area contributed by atoms with Gasteiger partial charge in [0.15, 0.2) is 10.4 Å². The number of anilines is 1. The minimum atomic E-state index is -0.0408. The predicted molar refractivity (Wildman–Crippen MR) is 85.6 cm³/mol. The van der Waals surface area contributed by atoms with Crippen molar-refractivity contribution in [3.8, 4) is 0 Å². The molecule has 1 aromatic heterocycles. The molecule has 2 heterocycles. The molecule has 110 valence electrons. The van der Waals surface area contributed by atoms with Gasteiger partial charge >= 0.3 is 0 Å². The van der Waals surface area contributed by atoms with Crippen molar-refractivity contribution >= 4 is 27.5 Å². The van der Waals surface area contributed by atoms with Gasteiger partial charge in [-0.25, -0.2) is 0 Å². The number of carbonyl (C=O) groups excluding carboxylic acids is 1. The third-order valence-corrected chi connectivity index (χ3v) is 4.22. The first-order chi connectivity index (χ1) is 10.1. The summed E-state index contributed by atoms with van der Waals surface area (Å²) in [6.07, 6.45) is 0. The van der Waals surface area contributed by atoms with Crippen LogP contribution in [-0.2, 0) is 0 Å². The van der Waals surface area contributed by atoms with Crippen molar-refractivity contribution in [3.05, 3.63) is 52.9 Å². The van der Waals surface area contributed by atoms with E-state index in [1.54, 1.807) is 12.1 Å². The minimum absolute atomic E-state index is 0.0408. The van der Waals surface area contributed by atoms with Crippen molar-refractivity contribution in [1.82, 2.24) is 4.90 Å². The maximum atomic E-state index is 12.5. The van der Waals surface area contributed by atoms with Gasteiger partial charge in [0, 0.05) is 31.4 Å². The monoisotopic (exact) mass is 348 g/mol. The predicted octanol–water partition coefficient (Wildman–Crippen LogP) is 3.39. The standard InChI is InChI=1S/C16H17BrN2O2/c1-12-11-18(13-5-3-2-4-6-13)9-10-19(12)16(20)14-7-8-15(17)21-14/h2-8,12H,9-11H2,1H3. The van der Waals surface area contributed by atoms with Gasteiger partial charge in [0.25, 0.3) is 5.91 Å². The topological polar surface area (TPSA) is 36.7 Å². The first kappa shape index (κ1) is 14.2. The van der Waals surface area contributed by atoms with Crippen molar-refractivity contribution in [1.29, 1.82) is 0 Å². The summed E-state index contributed by atoms with van der Waals surface area (Å²) < 4.78 is 5.95. The summed E-state index contributed by atoms with van der Waals surface area (Å²) in [4.78, 5) is 16.7. The van der Waals surface area contributed by atoms with E-state index in [1.165, 1.54) is 5.69 Å². The zero-order valence-corrected chi connectivity index (χ0v) is 13.4. The van der Waals surface area contributed by atoms with E-state index in [4.69, 9.17) is 4.42 Å². The molecule has 0 radical (unpaired) electrons. The Balaban J connectivity index is 1.70. The highest BCUT2D eigenvalue weighted by Gasteiger charge is 2.29. The van der Waals surface area contributed by atoms with Gasteiger partial charge in [-0.05, 0) is 47.1 Å². The molecule has 0 spiro atoms. The van der Waals surface area contributed by atoms with Crippen LogP contribution in [0.3, 0.4) is 0 Å². The third kappa shape index (κ3) is 2.97. The number of carbonyl (C=O) groups is 1. The lowest BCUT2D eigenvalue weighted by Crippen LogP contribution is -2.54. The maximum absolute atomic E-state index is 12.5. The molecular weight excluding hydrogens is 332 g/mol. The molecule has 0 aliphatic carbocycles. The molecule has 1 aliphatic rings. The largest absolute Gasteiger partial charge is 0.444 e. The SMILES string of the molecule is CC1CN(c2ccccc2)CCN1C(=O)c1ccc(Br)o1. The third-order valence-electron chi connectivity index (χ3n) is 3.79. The van der Waals surface area contributed by atoms with Crippen molar-refractivity contribution < 1.29 is 9.21 Å². The van der Waals surface area contributed by atoms with Crippen LogP contribution in [0.4, 0.5) is 5.69 Å². The first-order valence-corrected chi connectivity index (χ1v) is 7.81. The molecule has 1 saturated heterocycles. The van der Waals surface area contributed by atoms with E-state index in [0.29, 0.717) is 17.0 Å². The maximum Gasteiger partial charge on any atom is 0.289 e. The lowest BCUT2D eigenvalue weighted by Gasteiger charge is -2.40. The number of benzene rings is 1. The lowest BCUT2D eigenvalue weighted by atomic mass is 10.1. The van der Waals surface area contributed by atoms with E-state index in [2.05, 4.69) is 39.9 Å². The Morgan fingerprint density at radius 3 is 2.57 bits per heavy atom. The summed E-state index contributed by atoms with van der Waals surface area (Å²) in [6.45, 7) is 4.44. The number of hydrogen-bond acceptors (Lipinski definition) is 3. The Morgan fingerprint density at radius 1 is 1.19 bits per heavy atom. The lowest BCUT2D eigenvalue weighted by molar-refractivity contribution is 0.0640. The van der Waals surface area contributed by atoms with E-state index in [0.717, 1.165) is 13.1 Å². The fourth-order valence-electron chi connectivity index (χ4n) is 2.70. The molecule has 1 aliphatic heterocycles. The van der Waals surface area contributed by atoms with Gasteiger partial charge in [-0.3, -0.25) is 4.79 Å². The van der Waals surface area contributed by atoms with Gasteiger partial charge in [-0.2, -0.15) is 0 Å². The van der Waals surface area contributed by atoms with Crippen molar-refractivity contribution in [2.24, 2.45) is 0 Å². The zero-order valence-electron chi connectivity index (χ0n) is 11.8. The molecule has 21 heavy (non-hydrogen) atoms. The van der Waals surface area contributed by atoms with Crippen molar-refractivity contribution in [3.63, 3.8) is 0 Å². The van der Waals surface area contributed by atoms with Gasteiger partial charge in [-0.1, -0.05) is 18.2 Å². The fraction of sp³-hybridized carbons (Fsp3) is 0.312. The Kier molecular flexibility index (Phi) is 4.01. The van der Waals surface area contributed by atoms with Crippen LogP contribution in [0.5, 0.6) is 0 Å². The van der Waals surface area contributed by atoms with Gasteiger partial charge in [-0.15, -0.1) is 0 Å². The number of halogens is 1. The smallest absolute Gasteiger partial charge is 0.289 e. The zero-order chi connectivity index (χ0) is 14.8. The molecule has 1 unspecified atom stereocenters. The molecule has 3 rings (SSSR count). The summed E-state index contributed by atoms with van der Waals surface area (Å²) in [6, 6.07) is 13.9. The molecule has 1 atom stereocenters. The van der Waals surface area contributed by atoms with Crippen LogP contribution in [-0.4, -0.2) is 36.5 Å². The fourth-order valence-corrected chi connectivity index (χ4v) is 3.01. The van der Waals surface area contributed by atoms with Gasteiger partial charge < -0.3 is 14.2 Å². The molecule has 4 nitrogen and oxygen atoms in total. The van der Waals surface area contributed by atoms with Crippen LogP contribution >= 0.6 is 15.9 Å². The van der Waals surface area contributed by atoms with E-state index in [9.17, 15) is 4.79 Å². The number of piperazine rings is 1. The van der Waals surface area contributed by atoms with Gasteiger partial charge in [0.1, 0.15) is 0 Å². The van der Waals surface area contributed by atoms with Crippen LogP contribution in [0.1, 0.15) is 17.5 Å². The molecule has 1 amide bonds. The highest BCUT2D eigenvalue weighted by atomic mass is 79.9. The number of amides is 1. The van der Waals surface area contributed by atoms with Crippen molar-refractivity contribution in [2.45, 2.75) is 13.0 Å². The Hall–Kier alpha value is -1.75. The van der Waals surface area contributed by atoms with Gasteiger partial charge in [0.05, 0.1) is 0 Å². The molecule has 1 fully saturated rings. The number of hydrogen-bond donors (Lipinski definition) is 0. The van der Waals surface area contributed by atoms with Crippen LogP contribution in [0.25, 0.3) is 0 Å². The molecule has 0 bridgehead atoms. The second-order valence-corrected chi connectivity index (χ2v) is 6.01. The van der Waals surface area contributed by atoms with Crippen LogP contribution in [0.2, 0.25) is 0 Å². The summed E-state index contributed by atoms with van der Waals surface area (Å²) in [7, 11) is 0. The van der Waals surface area contributed by atoms with E-state index < -0.39 is 0 Å². The summed E-state index contributed by atoms with van der Waals surface area (Å²) in [5.74, 6) is 0.350. The average Bonchev–Trinajstić information content (AvgIpc) is 2.94. The minimum Gasteiger partial charge on any atom is -0.444 e. The average molecular weight is 349 g/mol. The van der Waals surface area contributed by atoms with Crippen LogP contribution < -0.4 is 4.90 Å². The van der Waals surface area contributed by atoms with E-state index in [-0.39, 0.29) is 11.9 Å². The molecule has 0 N–H and O–H groups in total. The Morgan fingerprint density at radius 2 is 1.95 bits per heavy atom. The van der Waals surface area contributed by atoms with Crippen molar-refractivity contribution in [2.75, 3.05) is 24.5 Å². The molecule has 1 aromatic carbocycles. The first-order valence-electron chi connectivity index (χ1n) is 7.01. The van der Waals surface area contributed by atoms with Gasteiger partial charge in [0.2, 0.25) is 0 Å². The Labute approximate surface area is 132 Å². The van der Waals surface area contributed by atoms with E-state index >= 15 is 0 Å². The normalized spacial score (nSPS) is 18.9. The van der Waals surface area contributed by atoms with E-state index in [1.807, 2.05) is 23.1 Å². The summed E-state index contributed by atoms with van der Waals surface area (Å²) in [5, 5.41) is 0. The highest BCUT2D eigenvalue weighted by molar-refractivity contribution is 9.10. The molecule has 5 heteroatoms. The quantitative estimate of drug-likeness (QED) is 0.834. The number of para-hydroxylation sites is 1. The number of rotatable bonds is 2. The summed E-state index contributed by atoms with van der Waals surface area (Å²) in [5.41, 5.74) is 1.21.